The second-order valence-electron chi connectivity index (χ2n) is 7.84. The first-order chi connectivity index (χ1) is 17.5. The monoisotopic (exact) mass is 496 g/mol. The van der Waals surface area contributed by atoms with E-state index in [0.29, 0.717) is 17.2 Å². The van der Waals surface area contributed by atoms with Crippen LogP contribution < -0.4 is 15.4 Å². The molecule has 9 heteroatoms. The van der Waals surface area contributed by atoms with Crippen LogP contribution in [0.3, 0.4) is 0 Å². The number of anilines is 2. The van der Waals surface area contributed by atoms with Gasteiger partial charge in [-0.2, -0.15) is 5.26 Å². The molecule has 0 unspecified atom stereocenters. The van der Waals surface area contributed by atoms with E-state index < -0.39 is 10.0 Å². The molecule has 0 aliphatic rings. The lowest BCUT2D eigenvalue weighted by molar-refractivity contribution is 0.601. The molecule has 1 heterocycles. The van der Waals surface area contributed by atoms with Gasteiger partial charge in [-0.3, -0.25) is 15.0 Å². The zero-order valence-corrected chi connectivity index (χ0v) is 20.3. The van der Waals surface area contributed by atoms with Gasteiger partial charge in [0.15, 0.2) is 6.19 Å². The van der Waals surface area contributed by atoms with E-state index in [2.05, 4.69) is 25.3 Å². The molecule has 8 nitrogen and oxygen atoms in total. The first-order valence-electron chi connectivity index (χ1n) is 11.1. The van der Waals surface area contributed by atoms with Crippen molar-refractivity contribution in [3.8, 4) is 17.3 Å². The molecule has 36 heavy (non-hydrogen) atoms. The molecule has 0 fully saturated rings. The number of benzene rings is 3. The number of guanidine groups is 1. The molecule has 0 spiro atoms. The molecular weight excluding hydrogens is 472 g/mol. The van der Waals surface area contributed by atoms with Crippen LogP contribution in [0.4, 0.5) is 11.4 Å². The fourth-order valence-electron chi connectivity index (χ4n) is 3.59. The third kappa shape index (κ3) is 6.05. The third-order valence-corrected chi connectivity index (χ3v) is 6.79. The third-order valence-electron chi connectivity index (χ3n) is 5.35. The van der Waals surface area contributed by atoms with Crippen LogP contribution in [0, 0.1) is 11.5 Å². The normalized spacial score (nSPS) is 12.3. The van der Waals surface area contributed by atoms with Crippen molar-refractivity contribution in [2.24, 2.45) is 4.99 Å². The fourth-order valence-corrected chi connectivity index (χ4v) is 4.88. The molecule has 0 radical (unpaired) electrons. The summed E-state index contributed by atoms with van der Waals surface area (Å²) >= 11 is 0. The summed E-state index contributed by atoms with van der Waals surface area (Å²) in [6.45, 7) is 1.88. The highest BCUT2D eigenvalue weighted by atomic mass is 32.2. The Labute approximate surface area is 210 Å². The molecule has 3 aromatic carbocycles. The summed E-state index contributed by atoms with van der Waals surface area (Å²) in [5.74, 6) is 0.290. The second-order valence-corrected chi connectivity index (χ2v) is 9.49. The van der Waals surface area contributed by atoms with Crippen LogP contribution >= 0.6 is 0 Å². The lowest BCUT2D eigenvalue weighted by Gasteiger charge is -2.14. The zero-order chi connectivity index (χ0) is 25.4. The van der Waals surface area contributed by atoms with Gasteiger partial charge in [0.25, 0.3) is 10.0 Å². The van der Waals surface area contributed by atoms with Crippen LogP contribution in [0.1, 0.15) is 18.5 Å². The maximum absolute atomic E-state index is 13.2. The summed E-state index contributed by atoms with van der Waals surface area (Å²) in [5.41, 5.74) is 3.46. The molecule has 180 valence electrons. The maximum atomic E-state index is 13.2. The van der Waals surface area contributed by atoms with E-state index in [1.165, 1.54) is 0 Å². The van der Waals surface area contributed by atoms with E-state index in [1.807, 2.05) is 49.5 Å². The summed E-state index contributed by atoms with van der Waals surface area (Å²) < 4.78 is 29.1. The van der Waals surface area contributed by atoms with Crippen molar-refractivity contribution in [2.75, 3.05) is 10.0 Å². The van der Waals surface area contributed by atoms with E-state index in [4.69, 9.17) is 5.26 Å². The summed E-state index contributed by atoms with van der Waals surface area (Å²) in [6.07, 6.45) is 5.14. The largest absolute Gasteiger partial charge is 0.325 e. The van der Waals surface area contributed by atoms with Crippen LogP contribution in [0.15, 0.2) is 113 Å². The lowest BCUT2D eigenvalue weighted by atomic mass is 10.1. The Hall–Kier alpha value is -4.68. The Bertz CT molecular complexity index is 1480. The van der Waals surface area contributed by atoms with Gasteiger partial charge in [0.1, 0.15) is 0 Å². The number of rotatable bonds is 7. The van der Waals surface area contributed by atoms with Gasteiger partial charge in [0, 0.05) is 29.3 Å². The molecule has 0 saturated heterocycles. The van der Waals surface area contributed by atoms with E-state index in [9.17, 15) is 8.42 Å². The predicted molar refractivity (Wildman–Crippen MR) is 142 cm³/mol. The van der Waals surface area contributed by atoms with E-state index in [-0.39, 0.29) is 10.9 Å². The molecule has 3 N–H and O–H groups in total. The molecule has 0 amide bonds. The Balaban J connectivity index is 1.52. The molecule has 0 aliphatic carbocycles. The molecule has 0 saturated carbocycles. The van der Waals surface area contributed by atoms with Gasteiger partial charge in [0.05, 0.1) is 10.9 Å². The smallest absolute Gasteiger partial charge is 0.262 e. The molecule has 0 aliphatic heterocycles. The Morgan fingerprint density at radius 1 is 0.889 bits per heavy atom. The van der Waals surface area contributed by atoms with Crippen LogP contribution in [-0.2, 0) is 10.0 Å². The molecule has 0 bridgehead atoms. The number of aromatic nitrogens is 1. The van der Waals surface area contributed by atoms with Gasteiger partial charge >= 0.3 is 0 Å². The van der Waals surface area contributed by atoms with Gasteiger partial charge in [-0.1, -0.05) is 60.7 Å². The Kier molecular flexibility index (Phi) is 7.58. The lowest BCUT2D eigenvalue weighted by Crippen LogP contribution is -2.27. The van der Waals surface area contributed by atoms with E-state index in [1.54, 1.807) is 67.0 Å². The molecule has 1 atom stereocenters. The summed E-state index contributed by atoms with van der Waals surface area (Å²) in [6, 6.07) is 26.5. The van der Waals surface area contributed by atoms with Crippen LogP contribution in [-0.4, -0.2) is 19.4 Å². The minimum Gasteiger partial charge on any atom is -0.325 e. The van der Waals surface area contributed by atoms with Crippen molar-refractivity contribution >= 4 is 27.4 Å². The highest BCUT2D eigenvalue weighted by molar-refractivity contribution is 7.92. The first kappa shape index (κ1) is 24.4. The van der Waals surface area contributed by atoms with Crippen molar-refractivity contribution < 1.29 is 8.42 Å². The number of nitrogens with zero attached hydrogens (tertiary/aromatic N) is 3. The van der Waals surface area contributed by atoms with Crippen LogP contribution in [0.25, 0.3) is 11.1 Å². The number of hydrogen-bond donors (Lipinski definition) is 3. The summed E-state index contributed by atoms with van der Waals surface area (Å²) in [5, 5.41) is 14.7. The van der Waals surface area contributed by atoms with Crippen molar-refractivity contribution in [3.05, 3.63) is 109 Å². The van der Waals surface area contributed by atoms with Crippen molar-refractivity contribution in [1.29, 1.82) is 5.26 Å². The average molecular weight is 497 g/mol. The fraction of sp³-hybridized carbons (Fsp3) is 0.0741. The Morgan fingerprint density at radius 2 is 1.56 bits per heavy atom. The highest BCUT2D eigenvalue weighted by Crippen LogP contribution is 2.29. The number of pyridine rings is 1. The maximum Gasteiger partial charge on any atom is 0.262 e. The van der Waals surface area contributed by atoms with E-state index in [0.717, 1.165) is 16.8 Å². The number of nitriles is 1. The topological polar surface area (TPSA) is 119 Å². The molecule has 4 rings (SSSR count). The van der Waals surface area contributed by atoms with E-state index >= 15 is 0 Å². The van der Waals surface area contributed by atoms with Gasteiger partial charge in [0.2, 0.25) is 5.96 Å². The number of sulfonamides is 1. The van der Waals surface area contributed by atoms with Crippen molar-refractivity contribution in [3.63, 3.8) is 0 Å². The molecule has 4 aromatic rings. The molecule has 1 aromatic heterocycles. The summed E-state index contributed by atoms with van der Waals surface area (Å²) in [4.78, 5) is 8.71. The minimum atomic E-state index is -3.82. The van der Waals surface area contributed by atoms with Crippen LogP contribution in [0.2, 0.25) is 0 Å². The summed E-state index contributed by atoms with van der Waals surface area (Å²) in [7, 11) is -3.82. The SMILES string of the molecule is C[C@H](/N=C(\NC#N)Nc1ccncc1)c1ccc(NS(=O)(=O)c2ccccc2-c2ccccc2)cc1. The number of nitrogens with one attached hydrogen (secondary N) is 3. The van der Waals surface area contributed by atoms with Crippen LogP contribution in [0.5, 0.6) is 0 Å². The van der Waals surface area contributed by atoms with Gasteiger partial charge in [-0.25, -0.2) is 13.4 Å². The predicted octanol–water partition coefficient (Wildman–Crippen LogP) is 5.15. The number of aliphatic imine (C=N–C) groups is 1. The quantitative estimate of drug-likeness (QED) is 0.141. The Morgan fingerprint density at radius 3 is 2.25 bits per heavy atom. The zero-order valence-electron chi connectivity index (χ0n) is 19.5. The molecular formula is C27H24N6O2S. The average Bonchev–Trinajstić information content (AvgIpc) is 2.90. The van der Waals surface area contributed by atoms with Gasteiger partial charge in [-0.05, 0) is 48.4 Å². The van der Waals surface area contributed by atoms with Gasteiger partial charge < -0.3 is 5.32 Å². The second kappa shape index (κ2) is 11.2. The van der Waals surface area contributed by atoms with Gasteiger partial charge in [-0.15, -0.1) is 0 Å². The number of hydrogen-bond acceptors (Lipinski definition) is 5. The standard InChI is InChI=1S/C27H24N6O2S/c1-20(31-27(30-19-28)32-23-15-17-29-18-16-23)21-11-13-24(14-12-21)33-36(34,35)26-10-6-5-9-25(26)22-7-3-2-4-8-22/h2-18,20,33H,1H3,(H2,29,30,31,32)/t20-/m0/s1. The minimum absolute atomic E-state index is 0.202. The highest BCUT2D eigenvalue weighted by Gasteiger charge is 2.19. The van der Waals surface area contributed by atoms with Crippen molar-refractivity contribution in [1.82, 2.24) is 10.3 Å². The first-order valence-corrected chi connectivity index (χ1v) is 12.6. The van der Waals surface area contributed by atoms with Crippen molar-refractivity contribution in [2.45, 2.75) is 17.9 Å².